The van der Waals surface area contributed by atoms with E-state index in [1.807, 2.05) is 24.3 Å². The number of benzene rings is 1. The molecular formula is C17H25NO3. The summed E-state index contributed by atoms with van der Waals surface area (Å²) in [6, 6.07) is 7.78. The van der Waals surface area contributed by atoms with Crippen molar-refractivity contribution in [3.63, 3.8) is 0 Å². The van der Waals surface area contributed by atoms with E-state index < -0.39 is 5.54 Å². The average molecular weight is 291 g/mol. The Morgan fingerprint density at radius 2 is 2.10 bits per heavy atom. The Labute approximate surface area is 126 Å². The number of aryl methyl sites for hydroxylation is 1. The number of carbonyl (C=O) groups excluding carboxylic acids is 1. The highest BCUT2D eigenvalue weighted by Crippen LogP contribution is 2.27. The molecule has 1 aliphatic carbocycles. The van der Waals surface area contributed by atoms with Crippen molar-refractivity contribution in [3.05, 3.63) is 29.8 Å². The number of amides is 1. The SMILES string of the molecule is CCc1cccc(OCC(=O)NC2(CO)CCCCC2)c1. The van der Waals surface area contributed by atoms with Crippen LogP contribution >= 0.6 is 0 Å². The fourth-order valence-corrected chi connectivity index (χ4v) is 2.89. The minimum absolute atomic E-state index is 0.00403. The van der Waals surface area contributed by atoms with Gasteiger partial charge in [0.25, 0.3) is 5.91 Å². The number of carbonyl (C=O) groups is 1. The van der Waals surface area contributed by atoms with Crippen molar-refractivity contribution in [1.29, 1.82) is 0 Å². The summed E-state index contributed by atoms with van der Waals surface area (Å²) in [6.07, 6.45) is 5.93. The van der Waals surface area contributed by atoms with E-state index in [9.17, 15) is 9.90 Å². The van der Waals surface area contributed by atoms with Crippen LogP contribution in [-0.2, 0) is 11.2 Å². The summed E-state index contributed by atoms with van der Waals surface area (Å²) in [5, 5.41) is 12.6. The normalized spacial score (nSPS) is 17.2. The third kappa shape index (κ3) is 4.46. The van der Waals surface area contributed by atoms with Crippen molar-refractivity contribution >= 4 is 5.91 Å². The van der Waals surface area contributed by atoms with Gasteiger partial charge in [-0.05, 0) is 37.0 Å². The van der Waals surface area contributed by atoms with Gasteiger partial charge in [-0.3, -0.25) is 4.79 Å². The van der Waals surface area contributed by atoms with E-state index in [4.69, 9.17) is 4.74 Å². The Hall–Kier alpha value is -1.55. The van der Waals surface area contributed by atoms with Gasteiger partial charge in [0.2, 0.25) is 0 Å². The molecule has 4 heteroatoms. The molecule has 1 amide bonds. The zero-order valence-corrected chi connectivity index (χ0v) is 12.7. The molecule has 2 N–H and O–H groups in total. The van der Waals surface area contributed by atoms with E-state index >= 15 is 0 Å². The van der Waals surface area contributed by atoms with Gasteiger partial charge in [-0.2, -0.15) is 0 Å². The largest absolute Gasteiger partial charge is 0.484 e. The molecule has 0 heterocycles. The second kappa shape index (κ2) is 7.46. The molecule has 1 aliphatic rings. The Morgan fingerprint density at radius 1 is 1.33 bits per heavy atom. The molecule has 1 fully saturated rings. The monoisotopic (exact) mass is 291 g/mol. The van der Waals surface area contributed by atoms with Crippen LogP contribution < -0.4 is 10.1 Å². The van der Waals surface area contributed by atoms with Gasteiger partial charge in [0.1, 0.15) is 5.75 Å². The minimum Gasteiger partial charge on any atom is -0.484 e. The molecule has 1 saturated carbocycles. The lowest BCUT2D eigenvalue weighted by Gasteiger charge is -2.36. The number of hydrogen-bond acceptors (Lipinski definition) is 3. The first-order chi connectivity index (χ1) is 10.2. The molecule has 0 unspecified atom stereocenters. The minimum atomic E-state index is -0.441. The molecule has 0 bridgehead atoms. The summed E-state index contributed by atoms with van der Waals surface area (Å²) < 4.78 is 5.55. The van der Waals surface area contributed by atoms with Crippen molar-refractivity contribution in [1.82, 2.24) is 5.32 Å². The fourth-order valence-electron chi connectivity index (χ4n) is 2.89. The van der Waals surface area contributed by atoms with Crippen LogP contribution in [0.5, 0.6) is 5.75 Å². The van der Waals surface area contributed by atoms with Gasteiger partial charge in [-0.1, -0.05) is 38.3 Å². The highest BCUT2D eigenvalue weighted by atomic mass is 16.5. The maximum absolute atomic E-state index is 12.1. The smallest absolute Gasteiger partial charge is 0.258 e. The lowest BCUT2D eigenvalue weighted by Crippen LogP contribution is -2.53. The second-order valence-corrected chi connectivity index (χ2v) is 5.84. The zero-order valence-electron chi connectivity index (χ0n) is 12.7. The fraction of sp³-hybridized carbons (Fsp3) is 0.588. The van der Waals surface area contributed by atoms with Gasteiger partial charge < -0.3 is 15.2 Å². The van der Waals surface area contributed by atoms with Crippen LogP contribution in [0.15, 0.2) is 24.3 Å². The molecular weight excluding hydrogens is 266 g/mol. The van der Waals surface area contributed by atoms with Crippen LogP contribution in [0.2, 0.25) is 0 Å². The quantitative estimate of drug-likeness (QED) is 0.846. The van der Waals surface area contributed by atoms with Gasteiger partial charge in [-0.15, -0.1) is 0 Å². The Morgan fingerprint density at radius 3 is 2.76 bits per heavy atom. The molecule has 21 heavy (non-hydrogen) atoms. The third-order valence-corrected chi connectivity index (χ3v) is 4.19. The molecule has 0 aromatic heterocycles. The number of hydrogen-bond donors (Lipinski definition) is 2. The van der Waals surface area contributed by atoms with Crippen molar-refractivity contribution in [3.8, 4) is 5.75 Å². The molecule has 0 atom stereocenters. The summed E-state index contributed by atoms with van der Waals surface area (Å²) in [5.41, 5.74) is 0.747. The summed E-state index contributed by atoms with van der Waals surface area (Å²) in [7, 11) is 0. The van der Waals surface area contributed by atoms with Gasteiger partial charge in [0.05, 0.1) is 12.1 Å². The molecule has 1 aromatic rings. The van der Waals surface area contributed by atoms with Crippen LogP contribution in [-0.4, -0.2) is 29.8 Å². The third-order valence-electron chi connectivity index (χ3n) is 4.19. The first kappa shape index (κ1) is 15.8. The van der Waals surface area contributed by atoms with E-state index in [-0.39, 0.29) is 19.1 Å². The maximum atomic E-state index is 12.1. The first-order valence-corrected chi connectivity index (χ1v) is 7.81. The highest BCUT2D eigenvalue weighted by molar-refractivity contribution is 5.78. The van der Waals surface area contributed by atoms with Crippen LogP contribution in [0, 0.1) is 0 Å². The van der Waals surface area contributed by atoms with Crippen molar-refractivity contribution in [2.75, 3.05) is 13.2 Å². The van der Waals surface area contributed by atoms with Gasteiger partial charge in [-0.25, -0.2) is 0 Å². The van der Waals surface area contributed by atoms with E-state index in [0.717, 1.165) is 32.1 Å². The Bertz CT molecular complexity index is 467. The van der Waals surface area contributed by atoms with Crippen LogP contribution in [0.1, 0.15) is 44.6 Å². The van der Waals surface area contributed by atoms with E-state index in [1.54, 1.807) is 0 Å². The second-order valence-electron chi connectivity index (χ2n) is 5.84. The molecule has 0 radical (unpaired) electrons. The number of ether oxygens (including phenoxy) is 1. The number of aliphatic hydroxyl groups excluding tert-OH is 1. The van der Waals surface area contributed by atoms with Crippen molar-refractivity contribution in [2.45, 2.75) is 51.0 Å². The molecule has 0 saturated heterocycles. The van der Waals surface area contributed by atoms with Gasteiger partial charge in [0.15, 0.2) is 6.61 Å². The maximum Gasteiger partial charge on any atom is 0.258 e. The molecule has 4 nitrogen and oxygen atoms in total. The highest BCUT2D eigenvalue weighted by Gasteiger charge is 2.32. The van der Waals surface area contributed by atoms with E-state index in [0.29, 0.717) is 5.75 Å². The number of nitrogens with one attached hydrogen (secondary N) is 1. The van der Waals surface area contributed by atoms with Gasteiger partial charge in [0, 0.05) is 0 Å². The molecule has 2 rings (SSSR count). The molecule has 0 spiro atoms. The molecule has 1 aromatic carbocycles. The summed E-state index contributed by atoms with van der Waals surface area (Å²) >= 11 is 0. The van der Waals surface area contributed by atoms with E-state index in [1.165, 1.54) is 12.0 Å². The van der Waals surface area contributed by atoms with Crippen LogP contribution in [0.3, 0.4) is 0 Å². The number of rotatable bonds is 6. The van der Waals surface area contributed by atoms with Gasteiger partial charge >= 0.3 is 0 Å². The predicted octanol–water partition coefficient (Wildman–Crippen LogP) is 2.44. The Kier molecular flexibility index (Phi) is 5.62. The predicted molar refractivity (Wildman–Crippen MR) is 82.4 cm³/mol. The average Bonchev–Trinajstić information content (AvgIpc) is 2.54. The standard InChI is InChI=1S/C17H25NO3/c1-2-14-7-6-8-15(11-14)21-12-16(20)18-17(13-19)9-4-3-5-10-17/h6-8,11,19H,2-5,9-10,12-13H2,1H3,(H,18,20). The first-order valence-electron chi connectivity index (χ1n) is 7.81. The summed E-state index contributed by atoms with van der Waals surface area (Å²) in [5.74, 6) is 0.555. The lowest BCUT2D eigenvalue weighted by atomic mass is 9.82. The molecule has 116 valence electrons. The topological polar surface area (TPSA) is 58.6 Å². The zero-order chi connectivity index (χ0) is 15.1. The van der Waals surface area contributed by atoms with Crippen LogP contribution in [0.4, 0.5) is 0 Å². The van der Waals surface area contributed by atoms with E-state index in [2.05, 4.69) is 12.2 Å². The summed E-state index contributed by atoms with van der Waals surface area (Å²) in [6.45, 7) is 2.08. The Balaban J connectivity index is 1.86. The lowest BCUT2D eigenvalue weighted by molar-refractivity contribution is -0.126. The van der Waals surface area contributed by atoms with Crippen LogP contribution in [0.25, 0.3) is 0 Å². The molecule has 0 aliphatic heterocycles. The van der Waals surface area contributed by atoms with Crippen molar-refractivity contribution < 1.29 is 14.6 Å². The summed E-state index contributed by atoms with van der Waals surface area (Å²) in [4.78, 5) is 12.1. The number of aliphatic hydroxyl groups is 1. The van der Waals surface area contributed by atoms with Crippen molar-refractivity contribution in [2.24, 2.45) is 0 Å².